The van der Waals surface area contributed by atoms with Crippen LogP contribution in [0.25, 0.3) is 0 Å². The molecule has 2 aliphatic heterocycles. The monoisotopic (exact) mass is 321 g/mol. The van der Waals surface area contributed by atoms with Gasteiger partial charge in [-0.2, -0.15) is 0 Å². The van der Waals surface area contributed by atoms with Crippen molar-refractivity contribution in [1.82, 2.24) is 5.32 Å². The minimum atomic E-state index is 0.184. The van der Waals surface area contributed by atoms with Crippen molar-refractivity contribution in [3.05, 3.63) is 12.3 Å². The van der Waals surface area contributed by atoms with Gasteiger partial charge in [-0.1, -0.05) is 34.6 Å². The molecular weight excluding hydrogens is 282 g/mol. The van der Waals surface area contributed by atoms with Crippen molar-refractivity contribution in [2.24, 2.45) is 22.7 Å². The van der Waals surface area contributed by atoms with Crippen molar-refractivity contribution in [1.29, 1.82) is 0 Å². The van der Waals surface area contributed by atoms with Gasteiger partial charge in [0.15, 0.2) is 0 Å². The van der Waals surface area contributed by atoms with Gasteiger partial charge in [0.05, 0.1) is 6.26 Å². The van der Waals surface area contributed by atoms with E-state index in [2.05, 4.69) is 59.9 Å². The lowest BCUT2D eigenvalue weighted by atomic mass is 9.61. The van der Waals surface area contributed by atoms with Crippen molar-refractivity contribution in [3.8, 4) is 0 Å². The summed E-state index contributed by atoms with van der Waals surface area (Å²) in [7, 11) is 0. The van der Waals surface area contributed by atoms with Crippen LogP contribution >= 0.6 is 0 Å². The molecule has 134 valence electrons. The van der Waals surface area contributed by atoms with Crippen molar-refractivity contribution in [2.75, 3.05) is 6.54 Å². The fraction of sp³-hybridized carbons (Fsp3) is 0.905. The van der Waals surface area contributed by atoms with E-state index in [1.807, 2.05) is 6.26 Å². The lowest BCUT2D eigenvalue weighted by Crippen LogP contribution is -2.50. The molecule has 2 nitrogen and oxygen atoms in total. The zero-order valence-electron chi connectivity index (χ0n) is 16.5. The molecule has 4 unspecified atom stereocenters. The number of nitrogens with one attached hydrogen (secondary N) is 1. The maximum atomic E-state index is 6.22. The summed E-state index contributed by atoms with van der Waals surface area (Å²) < 4.78 is 6.22. The van der Waals surface area contributed by atoms with E-state index in [1.165, 1.54) is 25.7 Å². The fourth-order valence-electron chi connectivity index (χ4n) is 5.02. The third-order valence-electron chi connectivity index (χ3n) is 6.49. The van der Waals surface area contributed by atoms with Crippen LogP contribution in [0.3, 0.4) is 0 Å². The predicted molar refractivity (Wildman–Crippen MR) is 99.4 cm³/mol. The van der Waals surface area contributed by atoms with Crippen molar-refractivity contribution >= 4 is 0 Å². The van der Waals surface area contributed by atoms with Gasteiger partial charge in [-0.05, 0) is 69.9 Å². The van der Waals surface area contributed by atoms with E-state index in [-0.39, 0.29) is 16.4 Å². The molecule has 0 aromatic carbocycles. The Labute approximate surface area is 144 Å². The quantitative estimate of drug-likeness (QED) is 0.721. The zero-order valence-corrected chi connectivity index (χ0v) is 16.5. The fourth-order valence-corrected chi connectivity index (χ4v) is 5.02. The first-order valence-corrected chi connectivity index (χ1v) is 9.68. The minimum absolute atomic E-state index is 0.184. The summed E-state index contributed by atoms with van der Waals surface area (Å²) in [5.74, 6) is 1.37. The van der Waals surface area contributed by atoms with Crippen LogP contribution in [0.2, 0.25) is 0 Å². The molecular formula is C21H39NO. The van der Waals surface area contributed by atoms with Crippen LogP contribution in [-0.4, -0.2) is 18.2 Å². The molecule has 0 amide bonds. The zero-order chi connectivity index (χ0) is 17.3. The highest BCUT2D eigenvalue weighted by Gasteiger charge is 2.48. The van der Waals surface area contributed by atoms with Crippen molar-refractivity contribution < 1.29 is 4.74 Å². The first-order chi connectivity index (χ1) is 10.6. The summed E-state index contributed by atoms with van der Waals surface area (Å²) in [5, 5.41) is 3.79. The predicted octanol–water partition coefficient (Wildman–Crippen LogP) is 5.54. The summed E-state index contributed by atoms with van der Waals surface area (Å²) in [4.78, 5) is 0. The van der Waals surface area contributed by atoms with Crippen molar-refractivity contribution in [3.63, 3.8) is 0 Å². The van der Waals surface area contributed by atoms with Crippen LogP contribution in [0.15, 0.2) is 12.3 Å². The molecule has 2 rings (SSSR count). The highest BCUT2D eigenvalue weighted by Crippen LogP contribution is 2.50. The normalized spacial score (nSPS) is 40.6. The lowest BCUT2D eigenvalue weighted by Gasteiger charge is -2.48. The molecule has 2 aliphatic rings. The van der Waals surface area contributed by atoms with Gasteiger partial charge >= 0.3 is 0 Å². The standard InChI is InChI=1S/C21H39NO/c1-8-21(7)11-13-23-18(21)17-14-16(2)10-9-12-22-20(5,6)15-19(17,3)4/h11,13,16-18,22H,8-10,12,14-15H2,1-7H3. The summed E-state index contributed by atoms with van der Waals surface area (Å²) in [6, 6.07) is 0. The summed E-state index contributed by atoms with van der Waals surface area (Å²) in [6.45, 7) is 17.9. The molecule has 0 spiro atoms. The molecule has 0 aromatic heterocycles. The van der Waals surface area contributed by atoms with Gasteiger partial charge in [0.2, 0.25) is 0 Å². The lowest BCUT2D eigenvalue weighted by molar-refractivity contribution is -0.0431. The largest absolute Gasteiger partial charge is 0.497 e. The van der Waals surface area contributed by atoms with Crippen LogP contribution in [0.4, 0.5) is 0 Å². The Kier molecular flexibility index (Phi) is 5.55. The molecule has 1 N–H and O–H groups in total. The van der Waals surface area contributed by atoms with Gasteiger partial charge in [0.1, 0.15) is 6.10 Å². The summed E-state index contributed by atoms with van der Waals surface area (Å²) >= 11 is 0. The molecule has 23 heavy (non-hydrogen) atoms. The van der Waals surface area contributed by atoms with E-state index in [9.17, 15) is 0 Å². The molecule has 2 heterocycles. The molecule has 0 radical (unpaired) electrons. The summed E-state index contributed by atoms with van der Waals surface area (Å²) in [6.07, 6.45) is 10.8. The van der Waals surface area contributed by atoms with E-state index in [1.54, 1.807) is 0 Å². The van der Waals surface area contributed by atoms with Gasteiger partial charge in [-0.15, -0.1) is 0 Å². The average molecular weight is 322 g/mol. The molecule has 0 saturated carbocycles. The molecule has 0 aromatic rings. The Balaban J connectivity index is 2.31. The Hall–Kier alpha value is -0.500. The molecule has 4 atom stereocenters. The molecule has 1 saturated heterocycles. The van der Waals surface area contributed by atoms with E-state index in [0.717, 1.165) is 18.9 Å². The Morgan fingerprint density at radius 2 is 1.87 bits per heavy atom. The number of hydrogen-bond acceptors (Lipinski definition) is 2. The topological polar surface area (TPSA) is 21.3 Å². The third-order valence-corrected chi connectivity index (χ3v) is 6.49. The maximum absolute atomic E-state index is 6.22. The van der Waals surface area contributed by atoms with Crippen LogP contribution in [0.5, 0.6) is 0 Å². The smallest absolute Gasteiger partial charge is 0.110 e. The Bertz CT molecular complexity index is 426. The third kappa shape index (κ3) is 4.32. The van der Waals surface area contributed by atoms with E-state index >= 15 is 0 Å². The highest BCUT2D eigenvalue weighted by molar-refractivity contribution is 5.09. The second-order valence-electron chi connectivity index (χ2n) is 9.78. The SMILES string of the molecule is CCC1(C)C=COC1C1CC(C)CCCNC(C)(C)CC1(C)C. The van der Waals surface area contributed by atoms with Crippen LogP contribution in [0.1, 0.15) is 80.6 Å². The van der Waals surface area contributed by atoms with Crippen molar-refractivity contribution in [2.45, 2.75) is 92.2 Å². The minimum Gasteiger partial charge on any atom is -0.497 e. The number of hydrogen-bond donors (Lipinski definition) is 1. The first kappa shape index (κ1) is 18.8. The summed E-state index contributed by atoms with van der Waals surface area (Å²) in [5.41, 5.74) is 0.634. The Morgan fingerprint density at radius 3 is 2.52 bits per heavy atom. The Morgan fingerprint density at radius 1 is 1.17 bits per heavy atom. The van der Waals surface area contributed by atoms with Crippen LogP contribution in [-0.2, 0) is 4.74 Å². The highest BCUT2D eigenvalue weighted by atomic mass is 16.5. The van der Waals surface area contributed by atoms with Crippen LogP contribution < -0.4 is 5.32 Å². The van der Waals surface area contributed by atoms with Crippen LogP contribution in [0, 0.1) is 22.7 Å². The number of ether oxygens (including phenoxy) is 1. The van der Waals surface area contributed by atoms with Gasteiger partial charge in [0, 0.05) is 16.9 Å². The van der Waals surface area contributed by atoms with E-state index in [4.69, 9.17) is 4.74 Å². The van der Waals surface area contributed by atoms with E-state index < -0.39 is 0 Å². The van der Waals surface area contributed by atoms with E-state index in [0.29, 0.717) is 12.0 Å². The van der Waals surface area contributed by atoms with Gasteiger partial charge in [-0.3, -0.25) is 0 Å². The molecule has 2 heteroatoms. The second kappa shape index (κ2) is 6.78. The van der Waals surface area contributed by atoms with Gasteiger partial charge < -0.3 is 10.1 Å². The van der Waals surface area contributed by atoms with Gasteiger partial charge in [0.25, 0.3) is 0 Å². The molecule has 0 aliphatic carbocycles. The average Bonchev–Trinajstić information content (AvgIpc) is 2.81. The number of rotatable bonds is 2. The molecule has 0 bridgehead atoms. The first-order valence-electron chi connectivity index (χ1n) is 9.68. The molecule has 1 fully saturated rings. The van der Waals surface area contributed by atoms with Gasteiger partial charge in [-0.25, -0.2) is 0 Å². The second-order valence-corrected chi connectivity index (χ2v) is 9.78. The maximum Gasteiger partial charge on any atom is 0.110 e.